The number of piperidine rings is 1. The van der Waals surface area contributed by atoms with Crippen LogP contribution in [0.3, 0.4) is 0 Å². The van der Waals surface area contributed by atoms with E-state index in [1.54, 1.807) is 12.1 Å². The molecule has 0 spiro atoms. The van der Waals surface area contributed by atoms with Gasteiger partial charge >= 0.3 is 0 Å². The van der Waals surface area contributed by atoms with Crippen LogP contribution in [0.5, 0.6) is 0 Å². The Balaban J connectivity index is 1.72. The Morgan fingerprint density at radius 2 is 2.25 bits per heavy atom. The van der Waals surface area contributed by atoms with Crippen molar-refractivity contribution in [3.63, 3.8) is 0 Å². The van der Waals surface area contributed by atoms with Crippen molar-refractivity contribution in [1.82, 2.24) is 4.90 Å². The third-order valence-corrected chi connectivity index (χ3v) is 4.84. The number of rotatable bonds is 1. The Morgan fingerprint density at radius 1 is 1.35 bits per heavy atom. The molecule has 2 fully saturated rings. The molecule has 2 unspecified atom stereocenters. The molecule has 1 aromatic carbocycles. The van der Waals surface area contributed by atoms with E-state index in [2.05, 4.69) is 4.90 Å². The van der Waals surface area contributed by atoms with Crippen molar-refractivity contribution >= 4 is 11.0 Å². The first-order valence-corrected chi connectivity index (χ1v) is 7.31. The molecule has 0 amide bonds. The number of hydrogen-bond donors (Lipinski definition) is 1. The van der Waals surface area contributed by atoms with Crippen LogP contribution in [0.25, 0.3) is 11.0 Å². The molecular weight excluding hydrogens is 257 g/mol. The van der Waals surface area contributed by atoms with Gasteiger partial charge in [0.2, 0.25) is 0 Å². The number of halogens is 1. The zero-order chi connectivity index (χ0) is 13.7. The number of furan rings is 1. The summed E-state index contributed by atoms with van der Waals surface area (Å²) in [6.07, 6.45) is 3.69. The van der Waals surface area contributed by atoms with Crippen LogP contribution in [0, 0.1) is 5.82 Å². The molecule has 3 heterocycles. The molecule has 2 atom stereocenters. The van der Waals surface area contributed by atoms with Crippen LogP contribution in [-0.4, -0.2) is 29.1 Å². The van der Waals surface area contributed by atoms with E-state index < -0.39 is 5.60 Å². The lowest BCUT2D eigenvalue weighted by Crippen LogP contribution is -2.45. The third-order valence-electron chi connectivity index (χ3n) is 4.84. The van der Waals surface area contributed by atoms with Crippen LogP contribution >= 0.6 is 0 Å². The highest BCUT2D eigenvalue weighted by molar-refractivity contribution is 5.78. The van der Waals surface area contributed by atoms with Crippen molar-refractivity contribution < 1.29 is 13.9 Å². The Bertz CT molecular complexity index is 653. The summed E-state index contributed by atoms with van der Waals surface area (Å²) < 4.78 is 19.4. The predicted octanol–water partition coefficient (Wildman–Crippen LogP) is 3.02. The van der Waals surface area contributed by atoms with Gasteiger partial charge in [0.1, 0.15) is 11.4 Å². The molecule has 3 nitrogen and oxygen atoms in total. The van der Waals surface area contributed by atoms with Gasteiger partial charge in [-0.15, -0.1) is 0 Å². The number of fused-ring (bicyclic) bond motifs is 2. The highest BCUT2D eigenvalue weighted by Gasteiger charge is 2.43. The molecule has 1 N–H and O–H groups in total. The average Bonchev–Trinajstić information content (AvgIpc) is 3.04. The van der Waals surface area contributed by atoms with Crippen LogP contribution < -0.4 is 0 Å². The molecule has 0 radical (unpaired) electrons. The van der Waals surface area contributed by atoms with E-state index in [0.717, 1.165) is 24.9 Å². The van der Waals surface area contributed by atoms with Gasteiger partial charge < -0.3 is 14.4 Å². The fraction of sp³-hybridized carbons (Fsp3) is 0.500. The van der Waals surface area contributed by atoms with Gasteiger partial charge in [-0.3, -0.25) is 0 Å². The first-order valence-electron chi connectivity index (χ1n) is 7.31. The molecular formula is C16H18FNO2. The molecule has 2 aliphatic rings. The molecule has 0 bridgehead atoms. The van der Waals surface area contributed by atoms with Gasteiger partial charge in [-0.05, 0) is 44.4 Å². The predicted molar refractivity (Wildman–Crippen MR) is 73.9 cm³/mol. The zero-order valence-corrected chi connectivity index (χ0v) is 11.3. The van der Waals surface area contributed by atoms with Crippen molar-refractivity contribution in [1.29, 1.82) is 0 Å². The summed E-state index contributed by atoms with van der Waals surface area (Å²) in [6, 6.07) is 7.11. The van der Waals surface area contributed by atoms with E-state index in [9.17, 15) is 9.50 Å². The Kier molecular flexibility index (Phi) is 2.66. The maximum atomic E-state index is 13.7. The quantitative estimate of drug-likeness (QED) is 0.869. The molecule has 20 heavy (non-hydrogen) atoms. The first-order chi connectivity index (χ1) is 9.66. The average molecular weight is 275 g/mol. The Morgan fingerprint density at radius 3 is 3.10 bits per heavy atom. The number of nitrogens with zero attached hydrogens (tertiary/aromatic N) is 1. The van der Waals surface area contributed by atoms with Gasteiger partial charge in [0.15, 0.2) is 11.4 Å². The highest BCUT2D eigenvalue weighted by atomic mass is 19.1. The molecule has 4 heteroatoms. The maximum absolute atomic E-state index is 13.7. The molecule has 2 saturated heterocycles. The summed E-state index contributed by atoms with van der Waals surface area (Å²) in [5.74, 6) is 0.153. The van der Waals surface area contributed by atoms with Gasteiger partial charge in [-0.25, -0.2) is 4.39 Å². The van der Waals surface area contributed by atoms with E-state index in [-0.39, 0.29) is 11.4 Å². The lowest BCUT2D eigenvalue weighted by Gasteiger charge is -2.39. The van der Waals surface area contributed by atoms with E-state index in [4.69, 9.17) is 4.42 Å². The van der Waals surface area contributed by atoms with E-state index >= 15 is 0 Å². The monoisotopic (exact) mass is 275 g/mol. The van der Waals surface area contributed by atoms with Crippen LogP contribution in [0.2, 0.25) is 0 Å². The van der Waals surface area contributed by atoms with Gasteiger partial charge in [0.05, 0.1) is 0 Å². The summed E-state index contributed by atoms with van der Waals surface area (Å²) in [7, 11) is 0. The Hall–Kier alpha value is -1.39. The van der Waals surface area contributed by atoms with Crippen molar-refractivity contribution in [2.75, 3.05) is 13.1 Å². The summed E-state index contributed by atoms with van der Waals surface area (Å²) in [5, 5.41) is 11.7. The normalized spacial score (nSPS) is 30.8. The van der Waals surface area contributed by atoms with E-state index in [0.29, 0.717) is 24.6 Å². The lowest BCUT2D eigenvalue weighted by atomic mass is 9.84. The topological polar surface area (TPSA) is 36.6 Å². The fourth-order valence-corrected chi connectivity index (χ4v) is 3.72. The van der Waals surface area contributed by atoms with Gasteiger partial charge in [0, 0.05) is 18.0 Å². The van der Waals surface area contributed by atoms with Crippen LogP contribution in [0.15, 0.2) is 28.7 Å². The highest BCUT2D eigenvalue weighted by Crippen LogP contribution is 2.41. The van der Waals surface area contributed by atoms with Crippen molar-refractivity contribution in [2.24, 2.45) is 0 Å². The first kappa shape index (κ1) is 12.4. The van der Waals surface area contributed by atoms with E-state index in [1.165, 1.54) is 12.5 Å². The summed E-state index contributed by atoms with van der Waals surface area (Å²) >= 11 is 0. The summed E-state index contributed by atoms with van der Waals surface area (Å²) in [5.41, 5.74) is -0.693. The number of benzene rings is 1. The van der Waals surface area contributed by atoms with Gasteiger partial charge in [-0.1, -0.05) is 12.1 Å². The Labute approximate surface area is 117 Å². The van der Waals surface area contributed by atoms with Crippen LogP contribution in [0.4, 0.5) is 4.39 Å². The van der Waals surface area contributed by atoms with E-state index in [1.807, 2.05) is 6.07 Å². The van der Waals surface area contributed by atoms with Crippen molar-refractivity contribution in [3.8, 4) is 0 Å². The molecule has 4 rings (SSSR count). The second-order valence-electron chi connectivity index (χ2n) is 6.09. The van der Waals surface area contributed by atoms with Gasteiger partial charge in [0.25, 0.3) is 0 Å². The molecule has 106 valence electrons. The standard InChI is InChI=1S/C16H18FNO2/c17-13-5-1-3-11-9-14(20-15(11)13)16(19)6-8-18-7-2-4-12(18)10-16/h1,3,5,9,12,19H,2,4,6-8,10H2. The summed E-state index contributed by atoms with van der Waals surface area (Å²) in [6.45, 7) is 2.02. The van der Waals surface area contributed by atoms with Crippen LogP contribution in [-0.2, 0) is 5.60 Å². The minimum absolute atomic E-state index is 0.254. The summed E-state index contributed by atoms with van der Waals surface area (Å²) in [4.78, 5) is 2.44. The fourth-order valence-electron chi connectivity index (χ4n) is 3.72. The molecule has 0 aliphatic carbocycles. The molecule has 1 aromatic heterocycles. The number of aliphatic hydroxyl groups is 1. The molecule has 2 aliphatic heterocycles. The second kappa shape index (κ2) is 4.30. The zero-order valence-electron chi connectivity index (χ0n) is 11.3. The molecule has 2 aromatic rings. The minimum atomic E-state index is -0.947. The SMILES string of the molecule is OC1(c2cc3cccc(F)c3o2)CCN2CCCC2C1. The lowest BCUT2D eigenvalue weighted by molar-refractivity contribution is -0.0550. The van der Waals surface area contributed by atoms with Crippen molar-refractivity contribution in [2.45, 2.75) is 37.3 Å². The molecule has 0 saturated carbocycles. The van der Waals surface area contributed by atoms with Crippen LogP contribution in [0.1, 0.15) is 31.4 Å². The number of para-hydroxylation sites is 1. The third kappa shape index (κ3) is 1.79. The van der Waals surface area contributed by atoms with Gasteiger partial charge in [-0.2, -0.15) is 0 Å². The number of hydrogen-bond acceptors (Lipinski definition) is 3. The smallest absolute Gasteiger partial charge is 0.170 e. The minimum Gasteiger partial charge on any atom is -0.455 e. The second-order valence-corrected chi connectivity index (χ2v) is 6.09. The van der Waals surface area contributed by atoms with Crippen molar-refractivity contribution in [3.05, 3.63) is 35.8 Å². The maximum Gasteiger partial charge on any atom is 0.170 e. The largest absolute Gasteiger partial charge is 0.455 e.